The number of nitrogens with one attached hydrogen (secondary N) is 1. The maximum atomic E-state index is 15.4. The van der Waals surface area contributed by atoms with Gasteiger partial charge >= 0.3 is 6.09 Å². The summed E-state index contributed by atoms with van der Waals surface area (Å²) in [4.78, 5) is 12.9. The van der Waals surface area contributed by atoms with Crippen molar-refractivity contribution in [3.8, 4) is 28.6 Å². The maximum absolute atomic E-state index is 15.4. The van der Waals surface area contributed by atoms with Crippen LogP contribution in [0.1, 0.15) is 37.5 Å². The number of amides is 1. The third-order valence-electron chi connectivity index (χ3n) is 9.10. The minimum Gasteiger partial charge on any atom is -0.497 e. The van der Waals surface area contributed by atoms with Gasteiger partial charge in [0.1, 0.15) is 27.0 Å². The maximum Gasteiger partial charge on any atom is 0.407 e. The highest BCUT2D eigenvalue weighted by Crippen LogP contribution is 2.38. The molecular weight excluding hydrogens is 918 g/mol. The second-order valence-corrected chi connectivity index (χ2v) is 19.1. The Bertz CT molecular complexity index is 2390. The van der Waals surface area contributed by atoms with E-state index in [2.05, 4.69) is 20.1 Å². The van der Waals surface area contributed by atoms with E-state index in [4.69, 9.17) is 14.2 Å². The minimum atomic E-state index is -4.82. The van der Waals surface area contributed by atoms with Gasteiger partial charge in [0.05, 0.1) is 46.1 Å². The van der Waals surface area contributed by atoms with Crippen LogP contribution >= 0.6 is 22.6 Å². The monoisotopic (exact) mass is 963 g/mol. The lowest BCUT2D eigenvalue weighted by atomic mass is 10.1. The molecule has 0 radical (unpaired) electrons. The van der Waals surface area contributed by atoms with Crippen molar-refractivity contribution >= 4 is 48.7 Å². The molecule has 1 amide bonds. The van der Waals surface area contributed by atoms with Gasteiger partial charge in [0, 0.05) is 28.7 Å². The number of ether oxygens (including phenoxy) is 3. The molecule has 1 aromatic heterocycles. The number of halogens is 1. The summed E-state index contributed by atoms with van der Waals surface area (Å²) in [6.45, 7) is 3.60. The van der Waals surface area contributed by atoms with E-state index >= 15 is 8.42 Å². The van der Waals surface area contributed by atoms with Crippen molar-refractivity contribution in [3.63, 3.8) is 0 Å². The highest BCUT2D eigenvalue weighted by molar-refractivity contribution is 14.1. The largest absolute Gasteiger partial charge is 0.497 e. The van der Waals surface area contributed by atoms with Crippen molar-refractivity contribution < 1.29 is 46.1 Å². The summed E-state index contributed by atoms with van der Waals surface area (Å²) >= 11 is 1.90. The quantitative estimate of drug-likeness (QED) is 0.101. The van der Waals surface area contributed by atoms with Crippen LogP contribution in [-0.4, -0.2) is 109 Å². The lowest BCUT2D eigenvalue weighted by molar-refractivity contribution is 0.0577. The second-order valence-electron chi connectivity index (χ2n) is 14.3. The number of tetrazole rings is 1. The van der Waals surface area contributed by atoms with E-state index in [-0.39, 0.29) is 31.0 Å². The number of nitrogens with zero attached hydrogens (tertiary/aromatic N) is 6. The standard InChI is InChI=1S/C39H46IN7O10S2/c1-39(2,3)46(38(49)50)25-29(48)21-41-58(51,52)34-20-19-33(40)35(37-42-44-47(43-37)24-28-11-17-32(57-6)18-12-28)36(34)59(53,54)45(22-26-7-13-30(55-4)14-8-26)23-27-9-15-31(56-5)16-10-27/h7-20,29,41,48H,21-25H2,1-6H3,(H,49,50)/t29-/m0/s1. The molecule has 0 spiro atoms. The van der Waals surface area contributed by atoms with Crippen molar-refractivity contribution in [2.45, 2.75) is 61.8 Å². The summed E-state index contributed by atoms with van der Waals surface area (Å²) in [7, 11) is -5.02. The summed E-state index contributed by atoms with van der Waals surface area (Å²) in [5.74, 6) is 1.59. The van der Waals surface area contributed by atoms with E-state index in [1.165, 1.54) is 25.1 Å². The number of carboxylic acid groups (broad SMARTS) is 1. The molecule has 1 atom stereocenters. The zero-order chi connectivity index (χ0) is 43.1. The van der Waals surface area contributed by atoms with Gasteiger partial charge in [-0.25, -0.2) is 26.4 Å². The summed E-state index contributed by atoms with van der Waals surface area (Å²) in [5, 5.41) is 33.5. The molecule has 316 valence electrons. The Morgan fingerprint density at radius 1 is 0.814 bits per heavy atom. The van der Waals surface area contributed by atoms with Gasteiger partial charge in [-0.05, 0) is 114 Å². The van der Waals surface area contributed by atoms with E-state index in [0.29, 0.717) is 31.9 Å². The zero-order valence-corrected chi connectivity index (χ0v) is 37.0. The van der Waals surface area contributed by atoms with E-state index in [0.717, 1.165) is 20.8 Å². The van der Waals surface area contributed by atoms with Gasteiger partial charge in [-0.2, -0.15) is 9.10 Å². The first-order valence-corrected chi connectivity index (χ1v) is 22.0. The highest BCUT2D eigenvalue weighted by Gasteiger charge is 2.38. The van der Waals surface area contributed by atoms with Crippen LogP contribution in [-0.2, 0) is 39.7 Å². The Hall–Kier alpha value is -4.87. The van der Waals surface area contributed by atoms with Gasteiger partial charge in [0.25, 0.3) is 0 Å². The molecule has 0 unspecified atom stereocenters. The van der Waals surface area contributed by atoms with Crippen molar-refractivity contribution in [1.82, 2.24) is 34.1 Å². The Labute approximate surface area is 357 Å². The molecular formula is C39H46IN7O10S2. The lowest BCUT2D eigenvalue weighted by Gasteiger charge is -2.34. The van der Waals surface area contributed by atoms with Gasteiger partial charge in [-0.3, -0.25) is 0 Å². The molecule has 1 heterocycles. The minimum absolute atomic E-state index is 0.116. The molecule has 3 N–H and O–H groups in total. The first-order chi connectivity index (χ1) is 27.9. The van der Waals surface area contributed by atoms with Crippen LogP contribution in [0.2, 0.25) is 0 Å². The number of benzene rings is 4. The molecule has 5 rings (SSSR count). The molecule has 0 aliphatic rings. The van der Waals surface area contributed by atoms with Crippen LogP contribution < -0.4 is 18.9 Å². The Morgan fingerprint density at radius 3 is 1.76 bits per heavy atom. The molecule has 0 aliphatic carbocycles. The third kappa shape index (κ3) is 11.2. The fourth-order valence-corrected chi connectivity index (χ4v) is 10.3. The van der Waals surface area contributed by atoms with Crippen LogP contribution in [0.3, 0.4) is 0 Å². The number of methoxy groups -OCH3 is 3. The Balaban J connectivity index is 1.65. The summed E-state index contributed by atoms with van der Waals surface area (Å²) in [5.41, 5.74) is 0.911. The first kappa shape index (κ1) is 45.2. The molecule has 17 nitrogen and oxygen atoms in total. The number of aromatic nitrogens is 4. The van der Waals surface area contributed by atoms with E-state index < -0.39 is 60.7 Å². The zero-order valence-electron chi connectivity index (χ0n) is 33.2. The number of aliphatic hydroxyl groups excluding tert-OH is 1. The van der Waals surface area contributed by atoms with Crippen LogP contribution in [0, 0.1) is 3.57 Å². The van der Waals surface area contributed by atoms with Crippen LogP contribution in [0.5, 0.6) is 17.2 Å². The molecule has 4 aromatic carbocycles. The molecule has 0 bridgehead atoms. The van der Waals surface area contributed by atoms with Crippen LogP contribution in [0.15, 0.2) is 94.7 Å². The van der Waals surface area contributed by atoms with Crippen molar-refractivity contribution in [2.24, 2.45) is 0 Å². The SMILES string of the molecule is COc1ccc(CN(Cc2ccc(OC)cc2)S(=O)(=O)c2c(S(=O)(=O)NC[C@H](O)CN(C(=O)O)C(C)(C)C)ccc(I)c2-c2nnn(Cc3ccc(OC)cc3)n2)cc1. The average Bonchev–Trinajstić information content (AvgIpc) is 3.66. The Morgan fingerprint density at radius 2 is 1.31 bits per heavy atom. The van der Waals surface area contributed by atoms with E-state index in [9.17, 15) is 23.4 Å². The molecule has 0 saturated carbocycles. The van der Waals surface area contributed by atoms with Gasteiger partial charge in [-0.15, -0.1) is 10.2 Å². The fraction of sp³-hybridized carbons (Fsp3) is 0.333. The van der Waals surface area contributed by atoms with Crippen LogP contribution in [0.25, 0.3) is 11.4 Å². The number of aliphatic hydroxyl groups is 1. The summed E-state index contributed by atoms with van der Waals surface area (Å²) < 4.78 is 79.1. The van der Waals surface area contributed by atoms with Gasteiger partial charge < -0.3 is 29.3 Å². The average molecular weight is 964 g/mol. The van der Waals surface area contributed by atoms with E-state index in [1.54, 1.807) is 88.5 Å². The number of carbonyl (C=O) groups is 1. The topological polar surface area (TPSA) is 216 Å². The first-order valence-electron chi connectivity index (χ1n) is 18.0. The van der Waals surface area contributed by atoms with Crippen molar-refractivity contribution in [2.75, 3.05) is 34.4 Å². The number of sulfonamides is 2. The number of hydrogen-bond donors (Lipinski definition) is 3. The molecule has 0 saturated heterocycles. The number of β-amino-alcohol motifs (C(OH)–C–C–N with tert-alkyl or cyclic N) is 1. The van der Waals surface area contributed by atoms with Crippen molar-refractivity contribution in [3.05, 3.63) is 105 Å². The molecule has 20 heteroatoms. The smallest absolute Gasteiger partial charge is 0.407 e. The predicted molar refractivity (Wildman–Crippen MR) is 226 cm³/mol. The summed E-state index contributed by atoms with van der Waals surface area (Å²) in [6.07, 6.45) is -2.80. The van der Waals surface area contributed by atoms with Gasteiger partial charge in [-0.1, -0.05) is 36.4 Å². The predicted octanol–water partition coefficient (Wildman–Crippen LogP) is 4.83. The summed E-state index contributed by atoms with van der Waals surface area (Å²) in [6, 6.07) is 23.3. The molecule has 0 aliphatic heterocycles. The van der Waals surface area contributed by atoms with Gasteiger partial charge in [0.15, 0.2) is 0 Å². The normalized spacial score (nSPS) is 12.6. The third-order valence-corrected chi connectivity index (χ3v) is 13.5. The fourth-order valence-electron chi connectivity index (χ4n) is 5.94. The second kappa shape index (κ2) is 19.0. The Kier molecular flexibility index (Phi) is 14.6. The van der Waals surface area contributed by atoms with E-state index in [1.807, 2.05) is 34.7 Å². The lowest BCUT2D eigenvalue weighted by Crippen LogP contribution is -2.50. The number of rotatable bonds is 18. The van der Waals surface area contributed by atoms with Crippen LogP contribution in [0.4, 0.5) is 4.79 Å². The molecule has 5 aromatic rings. The van der Waals surface area contributed by atoms with Crippen molar-refractivity contribution in [1.29, 1.82) is 0 Å². The van der Waals surface area contributed by atoms with Gasteiger partial charge in [0.2, 0.25) is 25.9 Å². The molecule has 0 fully saturated rings. The number of hydrogen-bond acceptors (Lipinski definition) is 12. The highest BCUT2D eigenvalue weighted by atomic mass is 127. The molecule has 59 heavy (non-hydrogen) atoms.